The summed E-state index contributed by atoms with van der Waals surface area (Å²) in [6.07, 6.45) is 2.03. The van der Waals surface area contributed by atoms with Gasteiger partial charge in [-0.1, -0.05) is 18.2 Å². The molecule has 2 atom stereocenters. The molecule has 1 fully saturated rings. The molecule has 0 bridgehead atoms. The fourth-order valence-corrected chi connectivity index (χ4v) is 5.50. The first-order valence-corrected chi connectivity index (χ1v) is 11.0. The first-order valence-electron chi connectivity index (χ1n) is 9.22. The van der Waals surface area contributed by atoms with Crippen LogP contribution in [0.25, 0.3) is 0 Å². The van der Waals surface area contributed by atoms with Gasteiger partial charge in [0.2, 0.25) is 5.91 Å². The van der Waals surface area contributed by atoms with E-state index in [0.29, 0.717) is 26.0 Å². The number of sulfone groups is 1. The van der Waals surface area contributed by atoms with Crippen LogP contribution in [0.3, 0.4) is 0 Å². The van der Waals surface area contributed by atoms with E-state index in [2.05, 4.69) is 4.90 Å². The van der Waals surface area contributed by atoms with Gasteiger partial charge in [0.25, 0.3) is 0 Å². The monoisotopic (exact) mass is 380 g/mol. The fourth-order valence-electron chi connectivity index (χ4n) is 3.77. The van der Waals surface area contributed by atoms with Crippen LogP contribution in [-0.2, 0) is 21.1 Å². The summed E-state index contributed by atoms with van der Waals surface area (Å²) in [6.45, 7) is 1.82. The number of benzene rings is 1. The second-order valence-electron chi connectivity index (χ2n) is 7.57. The summed E-state index contributed by atoms with van der Waals surface area (Å²) in [5.74, 6) is 0.899. The first-order chi connectivity index (χ1) is 12.4. The van der Waals surface area contributed by atoms with Crippen LogP contribution in [0.5, 0.6) is 5.75 Å². The number of hydrogen-bond acceptors (Lipinski definition) is 5. The second kappa shape index (κ2) is 7.96. The molecule has 7 heteroatoms. The topological polar surface area (TPSA) is 66.9 Å². The molecule has 3 rings (SSSR count). The third-order valence-electron chi connectivity index (χ3n) is 5.16. The number of hydrogen-bond donors (Lipinski definition) is 0. The van der Waals surface area contributed by atoms with E-state index in [1.165, 1.54) is 0 Å². The Kier molecular flexibility index (Phi) is 5.87. The standard InChI is InChI=1S/C19H28N2O4S/c1-20(2)9-5-10-21(17-8-11-26(23,24)14-17)19(22)16-12-15-6-3-4-7-18(15)25-13-16/h3-4,6-7,16-17H,5,8-14H2,1-2H3. The van der Waals surface area contributed by atoms with Crippen molar-refractivity contribution in [3.63, 3.8) is 0 Å². The van der Waals surface area contributed by atoms with Crippen LogP contribution in [0, 0.1) is 5.92 Å². The maximum Gasteiger partial charge on any atom is 0.229 e. The number of amides is 1. The number of carbonyl (C=O) groups excluding carboxylic acids is 1. The number of fused-ring (bicyclic) bond motifs is 1. The van der Waals surface area contributed by atoms with Crippen molar-refractivity contribution in [3.05, 3.63) is 29.8 Å². The zero-order valence-electron chi connectivity index (χ0n) is 15.6. The van der Waals surface area contributed by atoms with Crippen molar-refractivity contribution < 1.29 is 17.9 Å². The van der Waals surface area contributed by atoms with Crippen LogP contribution >= 0.6 is 0 Å². The van der Waals surface area contributed by atoms with Crippen LogP contribution in [0.2, 0.25) is 0 Å². The van der Waals surface area contributed by atoms with Crippen LogP contribution in [0.15, 0.2) is 24.3 Å². The van der Waals surface area contributed by atoms with Crippen LogP contribution < -0.4 is 4.74 Å². The van der Waals surface area contributed by atoms with Gasteiger partial charge in [0, 0.05) is 12.6 Å². The van der Waals surface area contributed by atoms with E-state index in [1.54, 1.807) is 0 Å². The summed E-state index contributed by atoms with van der Waals surface area (Å²) in [5, 5.41) is 0. The molecule has 0 radical (unpaired) electrons. The predicted molar refractivity (Wildman–Crippen MR) is 101 cm³/mol. The number of carbonyl (C=O) groups is 1. The van der Waals surface area contributed by atoms with Crippen molar-refractivity contribution >= 4 is 15.7 Å². The minimum absolute atomic E-state index is 0.0281. The molecule has 1 aromatic rings. The second-order valence-corrected chi connectivity index (χ2v) is 9.79. The van der Waals surface area contributed by atoms with E-state index in [4.69, 9.17) is 4.74 Å². The maximum atomic E-state index is 13.2. The number of nitrogens with zero attached hydrogens (tertiary/aromatic N) is 2. The van der Waals surface area contributed by atoms with E-state index in [9.17, 15) is 13.2 Å². The Labute approximate surface area is 156 Å². The Morgan fingerprint density at radius 2 is 2.00 bits per heavy atom. The minimum atomic E-state index is -3.03. The average molecular weight is 381 g/mol. The molecule has 2 aliphatic heterocycles. The molecule has 1 saturated heterocycles. The minimum Gasteiger partial charge on any atom is -0.492 e. The molecule has 0 spiro atoms. The lowest BCUT2D eigenvalue weighted by Gasteiger charge is -2.34. The van der Waals surface area contributed by atoms with E-state index in [0.717, 1.165) is 24.3 Å². The van der Waals surface area contributed by atoms with Gasteiger partial charge in [0.05, 0.1) is 17.4 Å². The Bertz CT molecular complexity index is 748. The SMILES string of the molecule is CN(C)CCCN(C(=O)C1COc2ccccc2C1)C1CCS(=O)(=O)C1. The molecule has 0 saturated carbocycles. The lowest BCUT2D eigenvalue weighted by atomic mass is 9.94. The molecule has 2 aliphatic rings. The molecule has 0 N–H and O–H groups in total. The molecule has 6 nitrogen and oxygen atoms in total. The van der Waals surface area contributed by atoms with Crippen LogP contribution in [-0.4, -0.2) is 75.5 Å². The molecular formula is C19H28N2O4S. The maximum absolute atomic E-state index is 13.2. The largest absolute Gasteiger partial charge is 0.492 e. The summed E-state index contributed by atoms with van der Waals surface area (Å²) < 4.78 is 29.6. The highest BCUT2D eigenvalue weighted by Gasteiger charge is 2.38. The van der Waals surface area contributed by atoms with Gasteiger partial charge in [0.15, 0.2) is 9.84 Å². The summed E-state index contributed by atoms with van der Waals surface area (Å²) >= 11 is 0. The summed E-state index contributed by atoms with van der Waals surface area (Å²) in [4.78, 5) is 17.1. The van der Waals surface area contributed by atoms with Gasteiger partial charge in [-0.25, -0.2) is 8.42 Å². The number of rotatable bonds is 6. The Balaban J connectivity index is 1.72. The summed E-state index contributed by atoms with van der Waals surface area (Å²) in [5.41, 5.74) is 1.05. The average Bonchev–Trinajstić information content (AvgIpc) is 2.97. The molecule has 2 unspecified atom stereocenters. The summed E-state index contributed by atoms with van der Waals surface area (Å²) in [6, 6.07) is 7.59. The Hall–Kier alpha value is -1.60. The highest BCUT2D eigenvalue weighted by atomic mass is 32.2. The zero-order chi connectivity index (χ0) is 18.7. The van der Waals surface area contributed by atoms with Crippen molar-refractivity contribution in [2.45, 2.75) is 25.3 Å². The Morgan fingerprint density at radius 3 is 2.69 bits per heavy atom. The van der Waals surface area contributed by atoms with Crippen LogP contribution in [0.1, 0.15) is 18.4 Å². The van der Waals surface area contributed by atoms with E-state index in [1.807, 2.05) is 43.3 Å². The molecule has 144 valence electrons. The number of para-hydroxylation sites is 1. The molecule has 26 heavy (non-hydrogen) atoms. The fraction of sp³-hybridized carbons (Fsp3) is 0.632. The predicted octanol–water partition coefficient (Wildman–Crippen LogP) is 1.21. The Morgan fingerprint density at radius 1 is 1.23 bits per heavy atom. The smallest absolute Gasteiger partial charge is 0.229 e. The zero-order valence-corrected chi connectivity index (χ0v) is 16.4. The summed E-state index contributed by atoms with van der Waals surface area (Å²) in [7, 11) is 0.966. The normalized spacial score (nSPS) is 24.1. The highest BCUT2D eigenvalue weighted by Crippen LogP contribution is 2.29. The van der Waals surface area contributed by atoms with Gasteiger partial charge in [0.1, 0.15) is 12.4 Å². The third kappa shape index (κ3) is 4.57. The molecule has 1 aromatic carbocycles. The van der Waals surface area contributed by atoms with Crippen molar-refractivity contribution in [2.75, 3.05) is 45.3 Å². The van der Waals surface area contributed by atoms with Crippen molar-refractivity contribution in [1.82, 2.24) is 9.80 Å². The highest BCUT2D eigenvalue weighted by molar-refractivity contribution is 7.91. The lowest BCUT2D eigenvalue weighted by molar-refractivity contribution is -0.139. The van der Waals surface area contributed by atoms with E-state index >= 15 is 0 Å². The van der Waals surface area contributed by atoms with Gasteiger partial charge in [-0.2, -0.15) is 0 Å². The molecule has 2 heterocycles. The van der Waals surface area contributed by atoms with Crippen molar-refractivity contribution in [2.24, 2.45) is 5.92 Å². The van der Waals surface area contributed by atoms with Gasteiger partial charge < -0.3 is 14.5 Å². The van der Waals surface area contributed by atoms with E-state index < -0.39 is 9.84 Å². The van der Waals surface area contributed by atoms with Crippen molar-refractivity contribution in [3.8, 4) is 5.75 Å². The van der Waals surface area contributed by atoms with Gasteiger partial charge in [-0.05, 0) is 51.5 Å². The molecular weight excluding hydrogens is 352 g/mol. The first kappa shape index (κ1) is 19.2. The molecule has 0 aromatic heterocycles. The van der Waals surface area contributed by atoms with Gasteiger partial charge in [-0.15, -0.1) is 0 Å². The molecule has 0 aliphatic carbocycles. The van der Waals surface area contributed by atoms with Gasteiger partial charge >= 0.3 is 0 Å². The lowest BCUT2D eigenvalue weighted by Crippen LogP contribution is -2.47. The third-order valence-corrected chi connectivity index (χ3v) is 6.92. The van der Waals surface area contributed by atoms with Crippen LogP contribution in [0.4, 0.5) is 0 Å². The number of ether oxygens (including phenoxy) is 1. The van der Waals surface area contributed by atoms with Crippen molar-refractivity contribution in [1.29, 1.82) is 0 Å². The van der Waals surface area contributed by atoms with Gasteiger partial charge in [-0.3, -0.25) is 4.79 Å². The van der Waals surface area contributed by atoms with E-state index in [-0.39, 0.29) is 29.4 Å². The quantitative estimate of drug-likeness (QED) is 0.742. The molecule has 1 amide bonds.